The van der Waals surface area contributed by atoms with Crippen molar-refractivity contribution < 1.29 is 27.6 Å². The second kappa shape index (κ2) is 5.92. The summed E-state index contributed by atoms with van der Waals surface area (Å²) < 4.78 is 38.9. The fourth-order valence-corrected chi connectivity index (χ4v) is 2.42. The van der Waals surface area contributed by atoms with Gasteiger partial charge in [0.1, 0.15) is 5.82 Å². The Bertz CT molecular complexity index is 658. The summed E-state index contributed by atoms with van der Waals surface area (Å²) in [5.41, 5.74) is -0.942. The average molecular weight is 306 g/mol. The predicted molar refractivity (Wildman–Crippen MR) is 65.2 cm³/mol. The third kappa shape index (κ3) is 3.71. The summed E-state index contributed by atoms with van der Waals surface area (Å²) in [6.07, 6.45) is -0.463. The minimum absolute atomic E-state index is 0.278. The minimum atomic E-state index is -4.21. The van der Waals surface area contributed by atoms with Gasteiger partial charge in [-0.1, -0.05) is 0 Å². The normalized spacial score (nSPS) is 11.3. The molecule has 0 heterocycles. The van der Waals surface area contributed by atoms with Crippen LogP contribution >= 0.6 is 0 Å². The highest BCUT2D eigenvalue weighted by molar-refractivity contribution is 7.89. The number of nitrogens with one attached hydrogen (secondary N) is 1. The van der Waals surface area contributed by atoms with E-state index in [4.69, 9.17) is 5.11 Å². The predicted octanol–water partition coefficient (Wildman–Crippen LogP) is 0.795. The first-order valence-corrected chi connectivity index (χ1v) is 6.79. The van der Waals surface area contributed by atoms with Crippen LogP contribution in [-0.4, -0.2) is 31.0 Å². The van der Waals surface area contributed by atoms with E-state index in [1.807, 2.05) is 4.72 Å². The van der Waals surface area contributed by atoms with Crippen molar-refractivity contribution in [3.63, 3.8) is 0 Å². The molecule has 0 aliphatic rings. The zero-order valence-corrected chi connectivity index (χ0v) is 11.1. The Morgan fingerprint density at radius 1 is 1.50 bits per heavy atom. The van der Waals surface area contributed by atoms with Crippen molar-refractivity contribution >= 4 is 21.7 Å². The molecule has 1 aromatic rings. The van der Waals surface area contributed by atoms with Gasteiger partial charge in [-0.3, -0.25) is 14.9 Å². The number of carboxylic acid groups (broad SMARTS) is 1. The van der Waals surface area contributed by atoms with Crippen LogP contribution in [0.25, 0.3) is 0 Å². The van der Waals surface area contributed by atoms with Crippen molar-refractivity contribution in [3.8, 4) is 0 Å². The van der Waals surface area contributed by atoms with Crippen LogP contribution in [0.1, 0.15) is 12.0 Å². The van der Waals surface area contributed by atoms with Gasteiger partial charge in [0.25, 0.3) is 5.69 Å². The zero-order valence-electron chi connectivity index (χ0n) is 10.3. The van der Waals surface area contributed by atoms with E-state index in [0.717, 1.165) is 13.0 Å². The number of hydrogen-bond donors (Lipinski definition) is 2. The Morgan fingerprint density at radius 2 is 2.10 bits per heavy atom. The van der Waals surface area contributed by atoms with Crippen molar-refractivity contribution in [2.45, 2.75) is 18.2 Å². The molecule has 8 nitrogen and oxygen atoms in total. The lowest BCUT2D eigenvalue weighted by Crippen LogP contribution is -2.26. The van der Waals surface area contributed by atoms with Crippen LogP contribution in [0.5, 0.6) is 0 Å². The first kappa shape index (κ1) is 16.0. The largest absolute Gasteiger partial charge is 0.481 e. The Kier molecular flexibility index (Phi) is 4.73. The van der Waals surface area contributed by atoms with E-state index in [9.17, 15) is 27.7 Å². The van der Waals surface area contributed by atoms with Crippen LogP contribution in [0.2, 0.25) is 0 Å². The number of benzene rings is 1. The molecule has 0 bridgehead atoms. The molecule has 0 amide bonds. The molecule has 20 heavy (non-hydrogen) atoms. The summed E-state index contributed by atoms with van der Waals surface area (Å²) >= 11 is 0. The fourth-order valence-electron chi connectivity index (χ4n) is 1.36. The maximum absolute atomic E-state index is 13.5. The third-order valence-electron chi connectivity index (χ3n) is 2.43. The monoisotopic (exact) mass is 306 g/mol. The molecule has 0 radical (unpaired) electrons. The van der Waals surface area contributed by atoms with Gasteiger partial charge in [0.2, 0.25) is 10.0 Å². The van der Waals surface area contributed by atoms with Crippen molar-refractivity contribution in [3.05, 3.63) is 33.6 Å². The second-order valence-electron chi connectivity index (χ2n) is 3.85. The smallest absolute Gasteiger partial charge is 0.304 e. The SMILES string of the molecule is Cc1c(F)cc(S(=O)(=O)NCCC(=O)O)cc1[N+](=O)[O-]. The molecule has 0 aromatic heterocycles. The summed E-state index contributed by atoms with van der Waals surface area (Å²) in [4.78, 5) is 19.5. The second-order valence-corrected chi connectivity index (χ2v) is 5.61. The summed E-state index contributed by atoms with van der Waals surface area (Å²) in [6.45, 7) is 0.753. The molecule has 1 rings (SSSR count). The summed E-state index contributed by atoms with van der Waals surface area (Å²) in [6, 6.07) is 1.37. The van der Waals surface area contributed by atoms with Crippen molar-refractivity contribution in [1.82, 2.24) is 4.72 Å². The number of nitro benzene ring substituents is 1. The van der Waals surface area contributed by atoms with Gasteiger partial charge in [-0.2, -0.15) is 0 Å². The number of nitro groups is 1. The summed E-state index contributed by atoms with van der Waals surface area (Å²) in [7, 11) is -4.21. The Labute approximate surface area is 113 Å². The van der Waals surface area contributed by atoms with Gasteiger partial charge >= 0.3 is 5.97 Å². The number of carboxylic acids is 1. The van der Waals surface area contributed by atoms with E-state index in [-0.39, 0.29) is 5.56 Å². The first-order valence-electron chi connectivity index (χ1n) is 5.31. The highest BCUT2D eigenvalue weighted by Gasteiger charge is 2.23. The van der Waals surface area contributed by atoms with E-state index in [2.05, 4.69) is 0 Å². The summed E-state index contributed by atoms with van der Waals surface area (Å²) in [5.74, 6) is -2.24. The number of nitrogens with zero attached hydrogens (tertiary/aromatic N) is 1. The molecule has 0 aliphatic carbocycles. The van der Waals surface area contributed by atoms with E-state index in [0.29, 0.717) is 6.07 Å². The molecule has 0 saturated heterocycles. The topological polar surface area (TPSA) is 127 Å². The van der Waals surface area contributed by atoms with Gasteiger partial charge in [-0.05, 0) is 13.0 Å². The number of rotatable bonds is 6. The van der Waals surface area contributed by atoms with Crippen LogP contribution < -0.4 is 4.72 Å². The van der Waals surface area contributed by atoms with Gasteiger partial charge in [-0.25, -0.2) is 17.5 Å². The standard InChI is InChI=1S/C10H11FN2O6S/c1-6-8(11)4-7(5-9(6)13(16)17)20(18,19)12-3-2-10(14)15/h4-5,12H,2-3H2,1H3,(H,14,15). The van der Waals surface area contributed by atoms with E-state index >= 15 is 0 Å². The lowest BCUT2D eigenvalue weighted by atomic mass is 10.2. The fraction of sp³-hybridized carbons (Fsp3) is 0.300. The van der Waals surface area contributed by atoms with Gasteiger partial charge in [0, 0.05) is 12.6 Å². The third-order valence-corrected chi connectivity index (χ3v) is 3.87. The first-order chi connectivity index (χ1) is 9.15. The Hall–Kier alpha value is -2.07. The zero-order chi connectivity index (χ0) is 15.5. The molecule has 2 N–H and O–H groups in total. The van der Waals surface area contributed by atoms with Crippen LogP contribution in [-0.2, 0) is 14.8 Å². The molecule has 10 heteroatoms. The molecule has 0 saturated carbocycles. The van der Waals surface area contributed by atoms with Crippen molar-refractivity contribution in [2.75, 3.05) is 6.54 Å². The van der Waals surface area contributed by atoms with Crippen LogP contribution in [0.4, 0.5) is 10.1 Å². The lowest BCUT2D eigenvalue weighted by Gasteiger charge is -2.07. The summed E-state index contributed by atoms with van der Waals surface area (Å²) in [5, 5.41) is 19.1. The molecule has 0 atom stereocenters. The van der Waals surface area contributed by atoms with E-state index in [1.165, 1.54) is 0 Å². The van der Waals surface area contributed by atoms with Gasteiger partial charge in [0.15, 0.2) is 0 Å². The highest BCUT2D eigenvalue weighted by atomic mass is 32.2. The quantitative estimate of drug-likeness (QED) is 0.591. The van der Waals surface area contributed by atoms with Crippen molar-refractivity contribution in [1.29, 1.82) is 0 Å². The molecule has 110 valence electrons. The molecule has 0 unspecified atom stereocenters. The Morgan fingerprint density at radius 3 is 2.60 bits per heavy atom. The number of hydrogen-bond acceptors (Lipinski definition) is 5. The van der Waals surface area contributed by atoms with Crippen LogP contribution in [0.3, 0.4) is 0 Å². The molecule has 0 fully saturated rings. The highest BCUT2D eigenvalue weighted by Crippen LogP contribution is 2.25. The molecule has 1 aromatic carbocycles. The molecule has 0 aliphatic heterocycles. The maximum Gasteiger partial charge on any atom is 0.304 e. The number of carbonyl (C=O) groups is 1. The van der Waals surface area contributed by atoms with E-state index < -0.39 is 50.3 Å². The molecular formula is C10H11FN2O6S. The minimum Gasteiger partial charge on any atom is -0.481 e. The van der Waals surface area contributed by atoms with Gasteiger partial charge in [0.05, 0.1) is 21.8 Å². The Balaban J connectivity index is 3.13. The number of sulfonamides is 1. The van der Waals surface area contributed by atoms with E-state index in [1.54, 1.807) is 0 Å². The average Bonchev–Trinajstić information content (AvgIpc) is 2.31. The van der Waals surface area contributed by atoms with Gasteiger partial charge < -0.3 is 5.11 Å². The van der Waals surface area contributed by atoms with Crippen molar-refractivity contribution in [2.24, 2.45) is 0 Å². The molecular weight excluding hydrogens is 295 g/mol. The molecule has 0 spiro atoms. The van der Waals surface area contributed by atoms with Crippen LogP contribution in [0.15, 0.2) is 17.0 Å². The number of halogens is 1. The maximum atomic E-state index is 13.5. The lowest BCUT2D eigenvalue weighted by molar-refractivity contribution is -0.385. The van der Waals surface area contributed by atoms with Gasteiger partial charge in [-0.15, -0.1) is 0 Å². The number of aliphatic carboxylic acids is 1. The van der Waals surface area contributed by atoms with Crippen LogP contribution in [0, 0.1) is 22.9 Å².